The van der Waals surface area contributed by atoms with Crippen LogP contribution in [0.5, 0.6) is 0 Å². The first-order chi connectivity index (χ1) is 14.7. The Morgan fingerprint density at radius 1 is 1.03 bits per heavy atom. The van der Waals surface area contributed by atoms with E-state index >= 15 is 0 Å². The molecule has 0 atom stereocenters. The number of amides is 1. The van der Waals surface area contributed by atoms with Gasteiger partial charge in [-0.25, -0.2) is 0 Å². The average Bonchev–Trinajstić information content (AvgIpc) is 2.96. The Morgan fingerprint density at radius 2 is 1.80 bits per heavy atom. The van der Waals surface area contributed by atoms with Crippen LogP contribution in [0.3, 0.4) is 0 Å². The zero-order valence-corrected chi connectivity index (χ0v) is 18.3. The summed E-state index contributed by atoms with van der Waals surface area (Å²) in [6.45, 7) is 5.94. The highest BCUT2D eigenvalue weighted by Gasteiger charge is 2.22. The van der Waals surface area contributed by atoms with Crippen LogP contribution in [-0.2, 0) is 24.2 Å². The molecule has 0 saturated carbocycles. The van der Waals surface area contributed by atoms with E-state index in [2.05, 4.69) is 51.5 Å². The predicted octanol–water partition coefficient (Wildman–Crippen LogP) is 4.04. The van der Waals surface area contributed by atoms with Gasteiger partial charge in [-0.15, -0.1) is 11.3 Å². The van der Waals surface area contributed by atoms with E-state index in [0.717, 1.165) is 70.0 Å². The quantitative estimate of drug-likeness (QED) is 0.763. The molecule has 1 aliphatic heterocycles. The number of thiophene rings is 1. The van der Waals surface area contributed by atoms with Gasteiger partial charge in [0.1, 0.15) is 11.1 Å². The van der Waals surface area contributed by atoms with Gasteiger partial charge in [0.2, 0.25) is 5.91 Å². The van der Waals surface area contributed by atoms with Crippen molar-refractivity contribution in [3.05, 3.63) is 51.9 Å². The van der Waals surface area contributed by atoms with Crippen LogP contribution in [0.2, 0.25) is 0 Å². The molecule has 1 aromatic heterocycles. The second-order valence-electron chi connectivity index (χ2n) is 8.28. The van der Waals surface area contributed by atoms with Crippen LogP contribution < -0.4 is 5.32 Å². The standard InChI is InChI=1S/C24H30N4OS/c25-17-21-20-9-4-5-10-22(20)30-24(21)26-23(29)11-14-27-12-6-13-28(16-15-27)18-19-7-2-1-3-8-19/h1-3,7-8H,4-6,9-16,18H2,(H,26,29). The first-order valence-corrected chi connectivity index (χ1v) is 11.9. The lowest BCUT2D eigenvalue weighted by Gasteiger charge is -2.21. The van der Waals surface area contributed by atoms with Crippen LogP contribution in [0, 0.1) is 11.3 Å². The Balaban J connectivity index is 1.25. The first-order valence-electron chi connectivity index (χ1n) is 11.1. The smallest absolute Gasteiger partial charge is 0.226 e. The summed E-state index contributed by atoms with van der Waals surface area (Å²) >= 11 is 1.61. The SMILES string of the molecule is N#Cc1c(NC(=O)CCN2CCCN(Cc3ccccc3)CC2)sc2c1CCCC2. The summed E-state index contributed by atoms with van der Waals surface area (Å²) in [5, 5.41) is 13.4. The molecule has 0 bridgehead atoms. The molecule has 1 fully saturated rings. The maximum absolute atomic E-state index is 12.6. The number of anilines is 1. The molecule has 0 radical (unpaired) electrons. The molecular formula is C24H30N4OS. The summed E-state index contributed by atoms with van der Waals surface area (Å²) in [4.78, 5) is 18.8. The molecular weight excluding hydrogens is 392 g/mol. The van der Waals surface area contributed by atoms with Crippen molar-refractivity contribution in [2.45, 2.75) is 45.1 Å². The number of hydrogen-bond donors (Lipinski definition) is 1. The third-order valence-corrected chi connectivity index (χ3v) is 7.33. The van der Waals surface area contributed by atoms with Crippen LogP contribution in [-0.4, -0.2) is 48.4 Å². The number of fused-ring (bicyclic) bond motifs is 1. The Labute approximate surface area is 183 Å². The normalized spacial score (nSPS) is 17.7. The number of hydrogen-bond acceptors (Lipinski definition) is 5. The van der Waals surface area contributed by atoms with Gasteiger partial charge in [-0.2, -0.15) is 5.26 Å². The minimum atomic E-state index is 0.0236. The lowest BCUT2D eigenvalue weighted by Crippen LogP contribution is -2.32. The van der Waals surface area contributed by atoms with Crippen molar-refractivity contribution in [2.75, 3.05) is 38.0 Å². The van der Waals surface area contributed by atoms with E-state index < -0.39 is 0 Å². The molecule has 1 aliphatic carbocycles. The van der Waals surface area contributed by atoms with Crippen molar-refractivity contribution in [3.8, 4) is 6.07 Å². The fourth-order valence-corrected chi connectivity index (χ4v) is 5.72. The molecule has 158 valence electrons. The Bertz CT molecular complexity index is 902. The van der Waals surface area contributed by atoms with Crippen molar-refractivity contribution in [1.82, 2.24) is 9.80 Å². The molecule has 0 unspecified atom stereocenters. The highest BCUT2D eigenvalue weighted by Crippen LogP contribution is 2.37. The van der Waals surface area contributed by atoms with Crippen LogP contribution in [0.4, 0.5) is 5.00 Å². The molecule has 0 spiro atoms. The Kier molecular flexibility index (Phi) is 7.16. The Hall–Kier alpha value is -2.20. The van der Waals surface area contributed by atoms with Crippen LogP contribution in [0.1, 0.15) is 47.3 Å². The third-order valence-electron chi connectivity index (χ3n) is 6.12. The largest absolute Gasteiger partial charge is 0.317 e. The summed E-state index contributed by atoms with van der Waals surface area (Å²) in [6.07, 6.45) is 5.94. The van der Waals surface area contributed by atoms with Crippen molar-refractivity contribution in [3.63, 3.8) is 0 Å². The van der Waals surface area contributed by atoms with Crippen LogP contribution in [0.15, 0.2) is 30.3 Å². The van der Waals surface area contributed by atoms with Gasteiger partial charge in [0, 0.05) is 37.5 Å². The molecule has 1 N–H and O–H groups in total. The van der Waals surface area contributed by atoms with Crippen molar-refractivity contribution < 1.29 is 4.79 Å². The second kappa shape index (κ2) is 10.2. The predicted molar refractivity (Wildman–Crippen MR) is 122 cm³/mol. The van der Waals surface area contributed by atoms with Gasteiger partial charge >= 0.3 is 0 Å². The van der Waals surface area contributed by atoms with E-state index in [1.54, 1.807) is 11.3 Å². The molecule has 6 heteroatoms. The number of nitrogens with one attached hydrogen (secondary N) is 1. The van der Waals surface area contributed by atoms with E-state index in [4.69, 9.17) is 0 Å². The fraction of sp³-hybridized carbons (Fsp3) is 0.500. The number of aryl methyl sites for hydroxylation is 1. The van der Waals surface area contributed by atoms with Crippen molar-refractivity contribution in [1.29, 1.82) is 5.26 Å². The second-order valence-corrected chi connectivity index (χ2v) is 9.39. The van der Waals surface area contributed by atoms with Gasteiger partial charge < -0.3 is 10.2 Å². The maximum Gasteiger partial charge on any atom is 0.226 e. The number of benzene rings is 1. The summed E-state index contributed by atoms with van der Waals surface area (Å²) in [5.74, 6) is 0.0236. The summed E-state index contributed by atoms with van der Waals surface area (Å²) in [5.41, 5.74) is 3.24. The number of nitrogens with zero attached hydrogens (tertiary/aromatic N) is 3. The Morgan fingerprint density at radius 3 is 2.63 bits per heavy atom. The van der Waals surface area contributed by atoms with E-state index in [1.807, 2.05) is 0 Å². The molecule has 1 aromatic carbocycles. The first kappa shape index (κ1) is 21.0. The molecule has 1 saturated heterocycles. The zero-order chi connectivity index (χ0) is 20.8. The van der Waals surface area contributed by atoms with Gasteiger partial charge in [0.15, 0.2) is 0 Å². The summed E-state index contributed by atoms with van der Waals surface area (Å²) in [7, 11) is 0. The van der Waals surface area contributed by atoms with E-state index in [-0.39, 0.29) is 5.91 Å². The highest BCUT2D eigenvalue weighted by atomic mass is 32.1. The van der Waals surface area contributed by atoms with Gasteiger partial charge in [0.05, 0.1) is 5.56 Å². The third kappa shape index (κ3) is 5.28. The summed E-state index contributed by atoms with van der Waals surface area (Å²) < 4.78 is 0. The molecule has 30 heavy (non-hydrogen) atoms. The molecule has 1 amide bonds. The minimum absolute atomic E-state index is 0.0236. The maximum atomic E-state index is 12.6. The molecule has 2 aromatic rings. The van der Waals surface area contributed by atoms with Gasteiger partial charge in [0.25, 0.3) is 0 Å². The van der Waals surface area contributed by atoms with Crippen molar-refractivity contribution in [2.24, 2.45) is 0 Å². The van der Waals surface area contributed by atoms with Gasteiger partial charge in [-0.1, -0.05) is 30.3 Å². The van der Waals surface area contributed by atoms with Gasteiger partial charge in [-0.3, -0.25) is 9.69 Å². The fourth-order valence-electron chi connectivity index (χ4n) is 4.47. The van der Waals surface area contributed by atoms with E-state index in [1.165, 1.54) is 22.4 Å². The van der Waals surface area contributed by atoms with E-state index in [9.17, 15) is 10.1 Å². The average molecular weight is 423 g/mol. The number of rotatable bonds is 6. The highest BCUT2D eigenvalue weighted by molar-refractivity contribution is 7.16. The van der Waals surface area contributed by atoms with E-state index in [0.29, 0.717) is 12.0 Å². The number of carbonyl (C=O) groups excluding carboxylic acids is 1. The van der Waals surface area contributed by atoms with Crippen LogP contribution in [0.25, 0.3) is 0 Å². The van der Waals surface area contributed by atoms with Gasteiger partial charge in [-0.05, 0) is 56.3 Å². The summed E-state index contributed by atoms with van der Waals surface area (Å²) in [6, 6.07) is 13.0. The molecule has 2 heterocycles. The lowest BCUT2D eigenvalue weighted by atomic mass is 9.96. The number of carbonyl (C=O) groups is 1. The minimum Gasteiger partial charge on any atom is -0.317 e. The number of nitriles is 1. The topological polar surface area (TPSA) is 59.4 Å². The molecule has 4 rings (SSSR count). The monoisotopic (exact) mass is 422 g/mol. The van der Waals surface area contributed by atoms with Crippen molar-refractivity contribution >= 4 is 22.2 Å². The molecule has 2 aliphatic rings. The molecule has 5 nitrogen and oxygen atoms in total. The lowest BCUT2D eigenvalue weighted by molar-refractivity contribution is -0.116. The zero-order valence-electron chi connectivity index (χ0n) is 17.5. The van der Waals surface area contributed by atoms with Crippen LogP contribution >= 0.6 is 11.3 Å².